The van der Waals surface area contributed by atoms with Gasteiger partial charge in [-0.05, 0) is 69.1 Å². The summed E-state index contributed by atoms with van der Waals surface area (Å²) in [6, 6.07) is -1.14. The van der Waals surface area contributed by atoms with E-state index < -0.39 is 29.2 Å². The van der Waals surface area contributed by atoms with Crippen LogP contribution >= 0.6 is 0 Å². The molecule has 0 radical (unpaired) electrons. The zero-order valence-corrected chi connectivity index (χ0v) is 19.6. The van der Waals surface area contributed by atoms with Crippen LogP contribution in [0.5, 0.6) is 0 Å². The summed E-state index contributed by atoms with van der Waals surface area (Å²) >= 11 is 0. The number of nitrogens with zero attached hydrogens (tertiary/aromatic N) is 1. The van der Waals surface area contributed by atoms with E-state index in [4.69, 9.17) is 4.74 Å². The topological polar surface area (TPSA) is 101 Å². The van der Waals surface area contributed by atoms with Gasteiger partial charge in [-0.2, -0.15) is 0 Å². The number of methoxy groups -OCH3 is 1. The average Bonchev–Trinajstić information content (AvgIpc) is 3.00. The average molecular weight is 446 g/mol. The molecule has 32 heavy (non-hydrogen) atoms. The lowest BCUT2D eigenvalue weighted by Crippen LogP contribution is -2.53. The summed E-state index contributed by atoms with van der Waals surface area (Å²) in [5.74, 6) is -2.12. The van der Waals surface area contributed by atoms with E-state index in [1.54, 1.807) is 6.92 Å². The first kappa shape index (κ1) is 24.2. The molecule has 5 atom stereocenters. The van der Waals surface area contributed by atoms with Crippen LogP contribution in [0.15, 0.2) is 23.8 Å². The molecule has 0 aromatic heterocycles. The molecular formula is C25H35NO6. The fourth-order valence-corrected chi connectivity index (χ4v) is 6.74. The summed E-state index contributed by atoms with van der Waals surface area (Å²) in [4.78, 5) is 50.3. The predicted molar refractivity (Wildman–Crippen MR) is 118 cm³/mol. The quantitative estimate of drug-likeness (QED) is 0.363. The zero-order chi connectivity index (χ0) is 23.8. The molecule has 7 heteroatoms. The van der Waals surface area contributed by atoms with Crippen molar-refractivity contribution in [1.29, 1.82) is 0 Å². The van der Waals surface area contributed by atoms with Gasteiger partial charge in [-0.15, -0.1) is 0 Å². The number of imide groups is 1. The molecule has 1 N–H and O–H groups in total. The van der Waals surface area contributed by atoms with Crippen molar-refractivity contribution >= 4 is 23.8 Å². The maximum absolute atomic E-state index is 12.9. The first-order valence-corrected chi connectivity index (χ1v) is 11.6. The second kappa shape index (κ2) is 8.83. The molecule has 7 nitrogen and oxygen atoms in total. The van der Waals surface area contributed by atoms with Crippen molar-refractivity contribution in [2.75, 3.05) is 7.11 Å². The molecule has 3 rings (SSSR count). The van der Waals surface area contributed by atoms with Gasteiger partial charge in [-0.3, -0.25) is 19.3 Å². The van der Waals surface area contributed by atoms with Gasteiger partial charge in [-0.25, -0.2) is 4.79 Å². The third-order valence-electron chi connectivity index (χ3n) is 8.39. The number of fused-ring (bicyclic) bond motifs is 1. The number of carbonyl (C=O) groups is 4. The second-order valence-corrected chi connectivity index (χ2v) is 10.1. The standard InChI is InChI=1S/C25H35NO6/c1-6-18(22(29)30)26-20(27)14-16(21(26)28)9-10-17-15(2)8-11-19-24(17,3)12-7-13-25(19,4)23(31)32-5/h14,17-19H,2,6-13H2,1,3-5H3,(H,29,30)/t17-,18?,19-,24+,25-/m0/s1. The summed E-state index contributed by atoms with van der Waals surface area (Å²) in [6.07, 6.45) is 6.91. The van der Waals surface area contributed by atoms with E-state index in [0.717, 1.165) is 42.6 Å². The number of carboxylic acid groups (broad SMARTS) is 1. The Balaban J connectivity index is 1.80. The molecule has 1 heterocycles. The van der Waals surface area contributed by atoms with Crippen molar-refractivity contribution < 1.29 is 29.0 Å². The number of rotatable bonds is 7. The van der Waals surface area contributed by atoms with Crippen molar-refractivity contribution in [1.82, 2.24) is 4.90 Å². The lowest BCUT2D eigenvalue weighted by molar-refractivity contribution is -0.168. The Morgan fingerprint density at radius 2 is 2.00 bits per heavy atom. The number of carbonyl (C=O) groups excluding carboxylic acids is 3. The van der Waals surface area contributed by atoms with Crippen LogP contribution in [0, 0.1) is 22.7 Å². The van der Waals surface area contributed by atoms with E-state index in [9.17, 15) is 24.3 Å². The number of esters is 1. The maximum Gasteiger partial charge on any atom is 0.326 e. The van der Waals surface area contributed by atoms with Crippen LogP contribution in [0.25, 0.3) is 0 Å². The van der Waals surface area contributed by atoms with Gasteiger partial charge in [0.05, 0.1) is 12.5 Å². The van der Waals surface area contributed by atoms with Crippen molar-refractivity contribution in [3.63, 3.8) is 0 Å². The van der Waals surface area contributed by atoms with Gasteiger partial charge in [0.15, 0.2) is 0 Å². The monoisotopic (exact) mass is 445 g/mol. The number of aliphatic carboxylic acids is 1. The Bertz CT molecular complexity index is 876. The highest BCUT2D eigenvalue weighted by molar-refractivity contribution is 6.17. The van der Waals surface area contributed by atoms with Gasteiger partial charge in [0.2, 0.25) is 0 Å². The predicted octanol–water partition coefficient (Wildman–Crippen LogP) is 3.88. The molecule has 0 bridgehead atoms. The van der Waals surface area contributed by atoms with Gasteiger partial charge < -0.3 is 9.84 Å². The third kappa shape index (κ3) is 3.80. The fourth-order valence-electron chi connectivity index (χ4n) is 6.74. The normalized spacial score (nSPS) is 33.6. The number of allylic oxidation sites excluding steroid dienone is 1. The largest absolute Gasteiger partial charge is 0.480 e. The minimum atomic E-state index is -1.18. The van der Waals surface area contributed by atoms with E-state index in [0.29, 0.717) is 18.4 Å². The molecular weight excluding hydrogens is 410 g/mol. The fraction of sp³-hybridized carbons (Fsp3) is 0.680. The SMILES string of the molecule is C=C1CC[C@H]2[C@](C)(CCC[C@]2(C)C(=O)OC)[C@H]1CCC1=CC(=O)N(C(CC)C(=O)O)C1=O. The second-order valence-electron chi connectivity index (χ2n) is 10.1. The van der Waals surface area contributed by atoms with Crippen molar-refractivity contribution in [2.45, 2.75) is 78.2 Å². The Morgan fingerprint density at radius 3 is 2.59 bits per heavy atom. The highest BCUT2D eigenvalue weighted by Crippen LogP contribution is 2.62. The van der Waals surface area contributed by atoms with Gasteiger partial charge in [0.1, 0.15) is 6.04 Å². The highest BCUT2D eigenvalue weighted by Gasteiger charge is 2.57. The lowest BCUT2D eigenvalue weighted by atomic mass is 9.46. The van der Waals surface area contributed by atoms with Crippen LogP contribution in [-0.4, -0.2) is 46.9 Å². The number of ether oxygens (including phenoxy) is 1. The molecule has 3 aliphatic rings. The smallest absolute Gasteiger partial charge is 0.326 e. The number of amides is 2. The van der Waals surface area contributed by atoms with Crippen LogP contribution in [0.2, 0.25) is 0 Å². The first-order chi connectivity index (χ1) is 15.0. The maximum atomic E-state index is 12.9. The summed E-state index contributed by atoms with van der Waals surface area (Å²) < 4.78 is 5.17. The molecule has 2 saturated carbocycles. The molecule has 2 aliphatic carbocycles. The zero-order valence-electron chi connectivity index (χ0n) is 19.6. The van der Waals surface area contributed by atoms with Crippen LogP contribution in [-0.2, 0) is 23.9 Å². The molecule has 2 amide bonds. The number of hydrogen-bond donors (Lipinski definition) is 1. The van der Waals surface area contributed by atoms with Crippen LogP contribution in [0.3, 0.4) is 0 Å². The van der Waals surface area contributed by atoms with Gasteiger partial charge in [0.25, 0.3) is 11.8 Å². The van der Waals surface area contributed by atoms with E-state index in [2.05, 4.69) is 13.5 Å². The molecule has 0 aromatic rings. The molecule has 2 fully saturated rings. The van der Waals surface area contributed by atoms with Crippen molar-refractivity contribution in [2.24, 2.45) is 22.7 Å². The van der Waals surface area contributed by atoms with Crippen LogP contribution < -0.4 is 0 Å². The Hall–Kier alpha value is -2.44. The molecule has 1 unspecified atom stereocenters. The Labute approximate surface area is 189 Å². The molecule has 0 spiro atoms. The van der Waals surface area contributed by atoms with Gasteiger partial charge in [-0.1, -0.05) is 32.4 Å². The molecule has 176 valence electrons. The highest BCUT2D eigenvalue weighted by atomic mass is 16.5. The van der Waals surface area contributed by atoms with E-state index in [-0.39, 0.29) is 29.6 Å². The van der Waals surface area contributed by atoms with E-state index in [1.807, 2.05) is 6.92 Å². The first-order valence-electron chi connectivity index (χ1n) is 11.6. The molecule has 0 aromatic carbocycles. The van der Waals surface area contributed by atoms with Crippen LogP contribution in [0.4, 0.5) is 0 Å². The minimum absolute atomic E-state index is 0.116. The van der Waals surface area contributed by atoms with E-state index in [1.165, 1.54) is 13.2 Å². The molecule has 0 saturated heterocycles. The summed E-state index contributed by atoms with van der Waals surface area (Å²) in [5, 5.41) is 9.38. The summed E-state index contributed by atoms with van der Waals surface area (Å²) in [7, 11) is 1.44. The minimum Gasteiger partial charge on any atom is -0.480 e. The third-order valence-corrected chi connectivity index (χ3v) is 8.39. The van der Waals surface area contributed by atoms with Crippen molar-refractivity contribution in [3.05, 3.63) is 23.8 Å². The number of carboxylic acids is 1. The Kier molecular flexibility index (Phi) is 6.68. The summed E-state index contributed by atoms with van der Waals surface area (Å²) in [6.45, 7) is 10.2. The molecule has 1 aliphatic heterocycles. The Morgan fingerprint density at radius 1 is 1.31 bits per heavy atom. The van der Waals surface area contributed by atoms with Gasteiger partial charge >= 0.3 is 11.9 Å². The van der Waals surface area contributed by atoms with Gasteiger partial charge in [0, 0.05) is 11.6 Å². The van der Waals surface area contributed by atoms with Crippen LogP contribution in [0.1, 0.15) is 72.1 Å². The van der Waals surface area contributed by atoms with E-state index >= 15 is 0 Å². The van der Waals surface area contributed by atoms with Crippen molar-refractivity contribution in [3.8, 4) is 0 Å². The summed E-state index contributed by atoms with van der Waals surface area (Å²) in [5.41, 5.74) is 0.810. The number of hydrogen-bond acceptors (Lipinski definition) is 5. The lowest BCUT2D eigenvalue weighted by Gasteiger charge is -2.57.